The molecular formula is C13H12ClN3O3. The largest absolute Gasteiger partial charge is 0.465 e. The first-order valence-corrected chi connectivity index (χ1v) is 6.08. The molecule has 0 saturated heterocycles. The molecule has 0 spiro atoms. The number of methoxy groups -OCH3 is 1. The van der Waals surface area contributed by atoms with E-state index >= 15 is 0 Å². The molecule has 1 amide bonds. The van der Waals surface area contributed by atoms with E-state index in [9.17, 15) is 9.59 Å². The van der Waals surface area contributed by atoms with Crippen molar-refractivity contribution < 1.29 is 14.3 Å². The normalized spacial score (nSPS) is 10.2. The van der Waals surface area contributed by atoms with Crippen molar-refractivity contribution in [1.29, 1.82) is 0 Å². The summed E-state index contributed by atoms with van der Waals surface area (Å²) in [7, 11) is 2.91. The van der Waals surface area contributed by atoms with Crippen LogP contribution in [-0.4, -0.2) is 28.8 Å². The van der Waals surface area contributed by atoms with E-state index in [1.807, 2.05) is 0 Å². The summed E-state index contributed by atoms with van der Waals surface area (Å²) in [5.74, 6) is -0.878. The Bertz CT molecular complexity index is 647. The summed E-state index contributed by atoms with van der Waals surface area (Å²) in [6.07, 6.45) is 1.39. The highest BCUT2D eigenvalue weighted by Crippen LogP contribution is 2.17. The predicted octanol–water partition coefficient (Wildman–Crippen LogP) is 2.11. The second-order valence-corrected chi connectivity index (χ2v) is 4.40. The van der Waals surface area contributed by atoms with Crippen LogP contribution >= 0.6 is 11.6 Å². The molecule has 7 heteroatoms. The molecule has 6 nitrogen and oxygen atoms in total. The summed E-state index contributed by atoms with van der Waals surface area (Å²) in [5.41, 5.74) is 1.06. The van der Waals surface area contributed by atoms with E-state index in [0.717, 1.165) is 0 Å². The van der Waals surface area contributed by atoms with Crippen LogP contribution in [0.4, 0.5) is 5.69 Å². The van der Waals surface area contributed by atoms with Crippen LogP contribution in [0, 0.1) is 0 Å². The summed E-state index contributed by atoms with van der Waals surface area (Å²) < 4.78 is 6.00. The van der Waals surface area contributed by atoms with Gasteiger partial charge in [0.1, 0.15) is 5.69 Å². The van der Waals surface area contributed by atoms with Crippen LogP contribution in [0.25, 0.3) is 0 Å². The minimum absolute atomic E-state index is 0.245. The predicted molar refractivity (Wildman–Crippen MR) is 74.0 cm³/mol. The van der Waals surface area contributed by atoms with Gasteiger partial charge in [0.2, 0.25) is 0 Å². The molecule has 0 atom stereocenters. The van der Waals surface area contributed by atoms with Gasteiger partial charge in [0.25, 0.3) is 5.91 Å². The maximum Gasteiger partial charge on any atom is 0.337 e. The Kier molecular flexibility index (Phi) is 4.05. The highest BCUT2D eigenvalue weighted by Gasteiger charge is 2.16. The van der Waals surface area contributed by atoms with E-state index in [1.165, 1.54) is 24.1 Å². The summed E-state index contributed by atoms with van der Waals surface area (Å²) in [4.78, 5) is 23.5. The van der Waals surface area contributed by atoms with Crippen LogP contribution in [0.5, 0.6) is 0 Å². The number of benzene rings is 1. The zero-order valence-corrected chi connectivity index (χ0v) is 11.6. The molecule has 0 radical (unpaired) electrons. The van der Waals surface area contributed by atoms with Gasteiger partial charge in [-0.25, -0.2) is 4.79 Å². The third kappa shape index (κ3) is 2.80. The number of esters is 1. The molecule has 0 aliphatic carbocycles. The first-order valence-electron chi connectivity index (χ1n) is 5.70. The van der Waals surface area contributed by atoms with Crippen molar-refractivity contribution >= 4 is 29.2 Å². The Morgan fingerprint density at radius 1 is 1.40 bits per heavy atom. The Balaban J connectivity index is 2.22. The second kappa shape index (κ2) is 5.75. The maximum absolute atomic E-state index is 12.1. The van der Waals surface area contributed by atoms with Crippen molar-refractivity contribution in [1.82, 2.24) is 9.78 Å². The molecule has 0 fully saturated rings. The quantitative estimate of drug-likeness (QED) is 0.880. The number of carbonyl (C=O) groups excluding carboxylic acids is 2. The fraction of sp³-hybridized carbons (Fsp3) is 0.154. The molecule has 2 aromatic rings. The van der Waals surface area contributed by atoms with Gasteiger partial charge in [0.05, 0.1) is 23.9 Å². The second-order valence-electron chi connectivity index (χ2n) is 3.99. The number of nitrogens with one attached hydrogen (secondary N) is 1. The van der Waals surface area contributed by atoms with Crippen LogP contribution in [0.3, 0.4) is 0 Å². The molecule has 1 heterocycles. The van der Waals surface area contributed by atoms with Gasteiger partial charge >= 0.3 is 5.97 Å². The van der Waals surface area contributed by atoms with Gasteiger partial charge in [-0.05, 0) is 18.2 Å². The van der Waals surface area contributed by atoms with E-state index in [2.05, 4.69) is 15.2 Å². The van der Waals surface area contributed by atoms with Crippen molar-refractivity contribution in [3.8, 4) is 0 Å². The summed E-state index contributed by atoms with van der Waals surface area (Å²) in [6.45, 7) is 0. The molecule has 0 unspecified atom stereocenters. The number of aromatic nitrogens is 2. The molecule has 20 heavy (non-hydrogen) atoms. The van der Waals surface area contributed by atoms with Crippen LogP contribution in [0.2, 0.25) is 5.02 Å². The number of hydrogen-bond acceptors (Lipinski definition) is 4. The van der Waals surface area contributed by atoms with Crippen molar-refractivity contribution in [2.45, 2.75) is 0 Å². The number of carbonyl (C=O) groups is 2. The van der Waals surface area contributed by atoms with Crippen LogP contribution in [-0.2, 0) is 11.8 Å². The van der Waals surface area contributed by atoms with Crippen LogP contribution in [0.1, 0.15) is 20.8 Å². The fourth-order valence-electron chi connectivity index (χ4n) is 1.70. The van der Waals surface area contributed by atoms with E-state index in [4.69, 9.17) is 11.6 Å². The number of anilines is 1. The van der Waals surface area contributed by atoms with Crippen molar-refractivity contribution in [3.05, 3.63) is 46.7 Å². The van der Waals surface area contributed by atoms with Crippen LogP contribution < -0.4 is 5.32 Å². The Morgan fingerprint density at radius 3 is 2.75 bits per heavy atom. The van der Waals surface area contributed by atoms with Gasteiger partial charge in [-0.1, -0.05) is 17.7 Å². The molecule has 1 aromatic heterocycles. The lowest BCUT2D eigenvalue weighted by Crippen LogP contribution is -2.17. The number of aryl methyl sites for hydroxylation is 1. The molecule has 0 saturated carbocycles. The number of amides is 1. The summed E-state index contributed by atoms with van der Waals surface area (Å²) in [6, 6.07) is 6.42. The lowest BCUT2D eigenvalue weighted by atomic mass is 10.2. The Hall–Kier alpha value is -2.34. The van der Waals surface area contributed by atoms with Gasteiger partial charge in [-0.15, -0.1) is 0 Å². The van der Waals surface area contributed by atoms with E-state index in [0.29, 0.717) is 11.3 Å². The smallest absolute Gasteiger partial charge is 0.337 e. The Morgan fingerprint density at radius 2 is 2.15 bits per heavy atom. The molecule has 1 aromatic carbocycles. The monoisotopic (exact) mass is 293 g/mol. The third-order valence-corrected chi connectivity index (χ3v) is 2.93. The average Bonchev–Trinajstić information content (AvgIpc) is 2.77. The van der Waals surface area contributed by atoms with Crippen LogP contribution in [0.15, 0.2) is 30.5 Å². The number of rotatable bonds is 3. The minimum atomic E-state index is -0.473. The third-order valence-electron chi connectivity index (χ3n) is 2.65. The lowest BCUT2D eigenvalue weighted by Gasteiger charge is -2.07. The van der Waals surface area contributed by atoms with Crippen molar-refractivity contribution in [2.24, 2.45) is 7.05 Å². The zero-order chi connectivity index (χ0) is 14.7. The van der Waals surface area contributed by atoms with Gasteiger partial charge in [0, 0.05) is 12.7 Å². The first kappa shape index (κ1) is 14.1. The topological polar surface area (TPSA) is 73.2 Å². The minimum Gasteiger partial charge on any atom is -0.465 e. The molecule has 0 aliphatic rings. The number of ether oxygens (including phenoxy) is 1. The maximum atomic E-state index is 12.1. The van der Waals surface area contributed by atoms with E-state index in [1.54, 1.807) is 25.2 Å². The molecule has 2 rings (SSSR count). The average molecular weight is 294 g/mol. The highest BCUT2D eigenvalue weighted by molar-refractivity contribution is 6.34. The zero-order valence-electron chi connectivity index (χ0n) is 10.9. The number of halogens is 1. The van der Waals surface area contributed by atoms with Gasteiger partial charge in [-0.2, -0.15) is 5.10 Å². The number of hydrogen-bond donors (Lipinski definition) is 1. The van der Waals surface area contributed by atoms with Gasteiger partial charge in [0.15, 0.2) is 0 Å². The van der Waals surface area contributed by atoms with Crippen molar-refractivity contribution in [3.63, 3.8) is 0 Å². The molecule has 0 aliphatic heterocycles. The molecular weight excluding hydrogens is 282 g/mol. The summed E-state index contributed by atoms with van der Waals surface area (Å²) in [5, 5.41) is 6.80. The van der Waals surface area contributed by atoms with Gasteiger partial charge in [-0.3, -0.25) is 9.48 Å². The molecule has 1 N–H and O–H groups in total. The molecule has 0 bridgehead atoms. The first-order chi connectivity index (χ1) is 9.52. The lowest BCUT2D eigenvalue weighted by molar-refractivity contribution is 0.0600. The van der Waals surface area contributed by atoms with Crippen molar-refractivity contribution in [2.75, 3.05) is 12.4 Å². The number of nitrogens with zero attached hydrogens (tertiary/aromatic N) is 2. The molecule has 104 valence electrons. The van der Waals surface area contributed by atoms with E-state index in [-0.39, 0.29) is 10.7 Å². The Labute approximate surface area is 120 Å². The fourth-order valence-corrected chi connectivity index (χ4v) is 1.95. The highest BCUT2D eigenvalue weighted by atomic mass is 35.5. The van der Waals surface area contributed by atoms with E-state index < -0.39 is 11.9 Å². The standard InChI is InChI=1S/C13H12ClN3O3/c1-17-11(10(14)7-15-17)12(18)16-9-5-3-4-8(6-9)13(19)20-2/h3-7H,1-2H3,(H,16,18). The SMILES string of the molecule is COC(=O)c1cccc(NC(=O)c2c(Cl)cnn2C)c1. The van der Waals surface area contributed by atoms with Gasteiger partial charge < -0.3 is 10.1 Å². The summed E-state index contributed by atoms with van der Waals surface area (Å²) >= 11 is 5.89.